The van der Waals surface area contributed by atoms with Crippen LogP contribution < -0.4 is 0 Å². The monoisotopic (exact) mass is 284 g/mol. The molecule has 2 nitrogen and oxygen atoms in total. The first-order valence-corrected chi connectivity index (χ1v) is 7.70. The number of nitrogens with zero attached hydrogens (tertiary/aromatic N) is 1. The number of nitrogens with one attached hydrogen (secondary N) is 1. The van der Waals surface area contributed by atoms with Gasteiger partial charge in [0.15, 0.2) is 0 Å². The summed E-state index contributed by atoms with van der Waals surface area (Å²) in [5.41, 5.74) is 2.75. The zero-order valence-corrected chi connectivity index (χ0v) is 12.4. The number of H-pyrrole nitrogens is 1. The van der Waals surface area contributed by atoms with Crippen LogP contribution in [0.4, 0.5) is 0 Å². The molecule has 0 spiro atoms. The molecule has 0 amide bonds. The van der Waals surface area contributed by atoms with Crippen LogP contribution in [0.5, 0.6) is 0 Å². The van der Waals surface area contributed by atoms with Crippen molar-refractivity contribution in [2.75, 3.05) is 6.54 Å². The molecule has 1 aliphatic heterocycles. The first-order valence-electron chi connectivity index (χ1n) is 7.29. The SMILES string of the molecule is S=c1ccc([C@H]2CCCCN2Cc2ccccc2)c[nH]1. The maximum absolute atomic E-state index is 5.14. The van der Waals surface area contributed by atoms with E-state index in [0.717, 1.165) is 11.2 Å². The van der Waals surface area contributed by atoms with E-state index >= 15 is 0 Å². The highest BCUT2D eigenvalue weighted by atomic mass is 32.1. The van der Waals surface area contributed by atoms with Crippen molar-refractivity contribution in [3.8, 4) is 0 Å². The van der Waals surface area contributed by atoms with Gasteiger partial charge < -0.3 is 4.98 Å². The van der Waals surface area contributed by atoms with Gasteiger partial charge in [0.2, 0.25) is 0 Å². The summed E-state index contributed by atoms with van der Waals surface area (Å²) >= 11 is 5.14. The number of pyridine rings is 1. The van der Waals surface area contributed by atoms with E-state index in [1.807, 2.05) is 6.07 Å². The minimum atomic E-state index is 0.510. The van der Waals surface area contributed by atoms with Crippen molar-refractivity contribution in [2.45, 2.75) is 31.8 Å². The van der Waals surface area contributed by atoms with Crippen LogP contribution in [-0.4, -0.2) is 16.4 Å². The Labute approximate surface area is 125 Å². The van der Waals surface area contributed by atoms with Crippen LogP contribution in [-0.2, 0) is 6.54 Å². The number of rotatable bonds is 3. The Morgan fingerprint density at radius 2 is 1.95 bits per heavy atom. The summed E-state index contributed by atoms with van der Waals surface area (Å²) in [7, 11) is 0. The van der Waals surface area contributed by atoms with Crippen LogP contribution in [0.3, 0.4) is 0 Å². The third-order valence-corrected chi connectivity index (χ3v) is 4.29. The molecule has 3 rings (SSSR count). The van der Waals surface area contributed by atoms with Crippen molar-refractivity contribution in [1.82, 2.24) is 9.88 Å². The fourth-order valence-electron chi connectivity index (χ4n) is 3.01. The third kappa shape index (κ3) is 3.17. The average Bonchev–Trinajstić information content (AvgIpc) is 2.50. The Hall–Kier alpha value is -1.45. The van der Waals surface area contributed by atoms with Crippen molar-refractivity contribution in [3.05, 3.63) is 64.4 Å². The standard InChI is InChI=1S/C17H20N2S/c20-17-10-9-15(12-18-17)16-8-4-5-11-19(16)13-14-6-2-1-3-7-14/h1-3,6-7,9-10,12,16H,4-5,8,11,13H2,(H,18,20)/t16-/m1/s1. The van der Waals surface area contributed by atoms with Crippen LogP contribution in [0.25, 0.3) is 0 Å². The van der Waals surface area contributed by atoms with E-state index in [4.69, 9.17) is 12.2 Å². The molecule has 1 fully saturated rings. The molecule has 1 N–H and O–H groups in total. The van der Waals surface area contributed by atoms with Gasteiger partial charge in [-0.1, -0.05) is 55.0 Å². The second kappa shape index (κ2) is 6.33. The third-order valence-electron chi connectivity index (χ3n) is 4.04. The van der Waals surface area contributed by atoms with E-state index in [1.54, 1.807) is 0 Å². The zero-order chi connectivity index (χ0) is 13.8. The highest BCUT2D eigenvalue weighted by Crippen LogP contribution is 2.31. The Bertz CT molecular complexity index is 585. The molecule has 2 aromatic rings. The highest BCUT2D eigenvalue weighted by molar-refractivity contribution is 7.71. The average molecular weight is 284 g/mol. The van der Waals surface area contributed by atoms with Crippen LogP contribution in [0.1, 0.15) is 36.4 Å². The molecular weight excluding hydrogens is 264 g/mol. The number of aromatic amines is 1. The van der Waals surface area contributed by atoms with Gasteiger partial charge in [0, 0.05) is 18.8 Å². The minimum absolute atomic E-state index is 0.510. The van der Waals surface area contributed by atoms with Crippen molar-refractivity contribution in [2.24, 2.45) is 0 Å². The summed E-state index contributed by atoms with van der Waals surface area (Å²) in [6.45, 7) is 2.20. The molecule has 0 saturated carbocycles. The molecule has 1 aromatic carbocycles. The van der Waals surface area contributed by atoms with E-state index in [2.05, 4.69) is 52.5 Å². The van der Waals surface area contributed by atoms with Gasteiger partial charge in [-0.05, 0) is 36.6 Å². The van der Waals surface area contributed by atoms with Gasteiger partial charge in [-0.2, -0.15) is 0 Å². The molecule has 0 unspecified atom stereocenters. The predicted molar refractivity (Wildman–Crippen MR) is 85.1 cm³/mol. The van der Waals surface area contributed by atoms with Gasteiger partial charge in [0.25, 0.3) is 0 Å². The van der Waals surface area contributed by atoms with Crippen LogP contribution in [0, 0.1) is 4.64 Å². The van der Waals surface area contributed by atoms with Crippen molar-refractivity contribution in [1.29, 1.82) is 0 Å². The normalized spacial score (nSPS) is 19.9. The molecule has 0 bridgehead atoms. The van der Waals surface area contributed by atoms with E-state index in [9.17, 15) is 0 Å². The van der Waals surface area contributed by atoms with Crippen LogP contribution in [0.15, 0.2) is 48.7 Å². The Morgan fingerprint density at radius 1 is 1.10 bits per heavy atom. The number of hydrogen-bond donors (Lipinski definition) is 1. The van der Waals surface area contributed by atoms with Gasteiger partial charge in [0.1, 0.15) is 4.64 Å². The Kier molecular flexibility index (Phi) is 4.28. The maximum atomic E-state index is 5.14. The van der Waals surface area contributed by atoms with Crippen molar-refractivity contribution < 1.29 is 0 Å². The summed E-state index contributed by atoms with van der Waals surface area (Å²) < 4.78 is 0.805. The van der Waals surface area contributed by atoms with Gasteiger partial charge in [-0.15, -0.1) is 0 Å². The van der Waals surface area contributed by atoms with E-state index in [1.165, 1.54) is 36.9 Å². The zero-order valence-electron chi connectivity index (χ0n) is 11.6. The van der Waals surface area contributed by atoms with Gasteiger partial charge in [-0.3, -0.25) is 4.90 Å². The lowest BCUT2D eigenvalue weighted by atomic mass is 9.96. The van der Waals surface area contributed by atoms with Gasteiger partial charge in [-0.25, -0.2) is 0 Å². The van der Waals surface area contributed by atoms with Gasteiger partial charge in [0.05, 0.1) is 0 Å². The van der Waals surface area contributed by atoms with Crippen LogP contribution in [0.2, 0.25) is 0 Å². The smallest absolute Gasteiger partial charge is 0.103 e. The molecule has 104 valence electrons. The predicted octanol–water partition coefficient (Wildman–Crippen LogP) is 4.47. The molecule has 1 aromatic heterocycles. The molecule has 20 heavy (non-hydrogen) atoms. The first-order chi connectivity index (χ1) is 9.83. The summed E-state index contributed by atoms with van der Waals surface area (Å²) in [4.78, 5) is 5.76. The molecule has 1 atom stereocenters. The largest absolute Gasteiger partial charge is 0.353 e. The minimum Gasteiger partial charge on any atom is -0.353 e. The topological polar surface area (TPSA) is 19.0 Å². The second-order valence-electron chi connectivity index (χ2n) is 5.45. The molecule has 3 heteroatoms. The second-order valence-corrected chi connectivity index (χ2v) is 5.89. The van der Waals surface area contributed by atoms with Crippen LogP contribution >= 0.6 is 12.2 Å². The summed E-state index contributed by atoms with van der Waals surface area (Å²) in [6, 6.07) is 15.4. The molecule has 2 heterocycles. The fourth-order valence-corrected chi connectivity index (χ4v) is 3.13. The number of piperidine rings is 1. The lowest BCUT2D eigenvalue weighted by molar-refractivity contribution is 0.140. The molecule has 0 radical (unpaired) electrons. The van der Waals surface area contributed by atoms with E-state index in [-0.39, 0.29) is 0 Å². The lowest BCUT2D eigenvalue weighted by Crippen LogP contribution is -2.32. The maximum Gasteiger partial charge on any atom is 0.103 e. The summed E-state index contributed by atoms with van der Waals surface area (Å²) in [5.74, 6) is 0. The number of hydrogen-bond acceptors (Lipinski definition) is 2. The molecule has 0 aliphatic carbocycles. The quantitative estimate of drug-likeness (QED) is 0.839. The fraction of sp³-hybridized carbons (Fsp3) is 0.353. The highest BCUT2D eigenvalue weighted by Gasteiger charge is 2.23. The van der Waals surface area contributed by atoms with Crippen molar-refractivity contribution >= 4 is 12.2 Å². The Morgan fingerprint density at radius 3 is 2.70 bits per heavy atom. The number of likely N-dealkylation sites (tertiary alicyclic amines) is 1. The molecule has 1 saturated heterocycles. The van der Waals surface area contributed by atoms with Crippen molar-refractivity contribution in [3.63, 3.8) is 0 Å². The van der Waals surface area contributed by atoms with E-state index < -0.39 is 0 Å². The van der Waals surface area contributed by atoms with Gasteiger partial charge >= 0.3 is 0 Å². The molecular formula is C17H20N2S. The summed E-state index contributed by atoms with van der Waals surface area (Å²) in [5, 5.41) is 0. The number of aromatic nitrogens is 1. The molecule has 1 aliphatic rings. The Balaban J connectivity index is 1.80. The first kappa shape index (κ1) is 13.5. The van der Waals surface area contributed by atoms with E-state index in [0.29, 0.717) is 6.04 Å². The lowest BCUT2D eigenvalue weighted by Gasteiger charge is -2.36. The number of benzene rings is 1. The summed E-state index contributed by atoms with van der Waals surface area (Å²) in [6.07, 6.45) is 5.92.